The zero-order valence-electron chi connectivity index (χ0n) is 10.9. The summed E-state index contributed by atoms with van der Waals surface area (Å²) in [6.45, 7) is 8.30. The molecule has 1 N–H and O–H groups in total. The molecule has 0 heterocycles. The largest absolute Gasteiger partial charge is 0.349 e. The first kappa shape index (κ1) is 14.2. The molecule has 2 nitrogen and oxygen atoms in total. The number of hydrogen-bond acceptors (Lipinski definition) is 1. The van der Waals surface area contributed by atoms with Gasteiger partial charge in [0.15, 0.2) is 0 Å². The molecule has 2 unspecified atom stereocenters. The zero-order chi connectivity index (χ0) is 13.0. The predicted octanol–water partition coefficient (Wildman–Crippen LogP) is 3.92. The summed E-state index contributed by atoms with van der Waals surface area (Å²) in [5.74, 6) is 0.503. The van der Waals surface area contributed by atoms with Crippen LogP contribution in [-0.2, 0) is 0 Å². The Morgan fingerprint density at radius 3 is 2.65 bits per heavy atom. The lowest BCUT2D eigenvalue weighted by Gasteiger charge is -2.20. The van der Waals surface area contributed by atoms with Crippen molar-refractivity contribution in [3.05, 3.63) is 33.8 Å². The minimum atomic E-state index is 0.0107. The highest BCUT2D eigenvalue weighted by Crippen LogP contribution is 2.16. The third-order valence-electron chi connectivity index (χ3n) is 3.30. The van der Waals surface area contributed by atoms with E-state index in [-0.39, 0.29) is 11.9 Å². The Balaban J connectivity index is 2.79. The Labute approximate surface area is 112 Å². The van der Waals surface area contributed by atoms with Gasteiger partial charge in [0, 0.05) is 16.1 Å². The topological polar surface area (TPSA) is 29.1 Å². The molecule has 0 spiro atoms. The molecule has 0 bridgehead atoms. The molecular weight excluding hydrogens is 278 g/mol. The molecule has 3 heteroatoms. The van der Waals surface area contributed by atoms with Crippen molar-refractivity contribution in [2.45, 2.75) is 40.2 Å². The van der Waals surface area contributed by atoms with Gasteiger partial charge in [0.25, 0.3) is 5.91 Å². The van der Waals surface area contributed by atoms with Gasteiger partial charge in [-0.05, 0) is 37.5 Å². The molecule has 0 saturated heterocycles. The van der Waals surface area contributed by atoms with E-state index in [1.54, 1.807) is 0 Å². The van der Waals surface area contributed by atoms with E-state index < -0.39 is 0 Å². The van der Waals surface area contributed by atoms with Crippen LogP contribution in [0.3, 0.4) is 0 Å². The fourth-order valence-corrected chi connectivity index (χ4v) is 1.98. The second-order valence-electron chi connectivity index (χ2n) is 4.61. The van der Waals surface area contributed by atoms with Gasteiger partial charge in [-0.15, -0.1) is 0 Å². The average molecular weight is 298 g/mol. The second kappa shape index (κ2) is 6.20. The summed E-state index contributed by atoms with van der Waals surface area (Å²) in [6.07, 6.45) is 1.07. The van der Waals surface area contributed by atoms with Crippen molar-refractivity contribution >= 4 is 21.8 Å². The molecule has 0 aliphatic rings. The molecule has 2 atom stereocenters. The molecule has 1 rings (SSSR count). The number of amides is 1. The normalized spacial score (nSPS) is 14.2. The van der Waals surface area contributed by atoms with Crippen molar-refractivity contribution in [2.24, 2.45) is 5.92 Å². The third-order valence-corrected chi connectivity index (χ3v) is 3.79. The Bertz CT molecular complexity index is 403. The first-order valence-electron chi connectivity index (χ1n) is 6.02. The van der Waals surface area contributed by atoms with E-state index >= 15 is 0 Å². The van der Waals surface area contributed by atoms with Crippen LogP contribution in [0, 0.1) is 12.8 Å². The maximum absolute atomic E-state index is 12.1. The summed E-state index contributed by atoms with van der Waals surface area (Å²) < 4.78 is 0.935. The number of rotatable bonds is 4. The van der Waals surface area contributed by atoms with Gasteiger partial charge in [0.05, 0.1) is 0 Å². The molecule has 0 radical (unpaired) electrons. The fraction of sp³-hybridized carbons (Fsp3) is 0.500. The van der Waals surface area contributed by atoms with Crippen LogP contribution >= 0.6 is 15.9 Å². The minimum absolute atomic E-state index is 0.0107. The van der Waals surface area contributed by atoms with Crippen LogP contribution in [0.2, 0.25) is 0 Å². The third kappa shape index (κ3) is 3.84. The number of carbonyl (C=O) groups is 1. The van der Waals surface area contributed by atoms with Gasteiger partial charge in [-0.2, -0.15) is 0 Å². The fourth-order valence-electron chi connectivity index (χ4n) is 1.62. The van der Waals surface area contributed by atoms with Crippen LogP contribution < -0.4 is 5.32 Å². The van der Waals surface area contributed by atoms with Crippen LogP contribution in [0.1, 0.15) is 43.1 Å². The second-order valence-corrected chi connectivity index (χ2v) is 5.52. The summed E-state index contributed by atoms with van der Waals surface area (Å²) in [7, 11) is 0. The van der Waals surface area contributed by atoms with Crippen LogP contribution in [0.25, 0.3) is 0 Å². The van der Waals surface area contributed by atoms with Gasteiger partial charge in [-0.1, -0.05) is 42.3 Å². The van der Waals surface area contributed by atoms with Crippen LogP contribution in [0.4, 0.5) is 0 Å². The van der Waals surface area contributed by atoms with Gasteiger partial charge in [0.1, 0.15) is 0 Å². The SMILES string of the molecule is CCC(C)C(C)NC(=O)c1cc(Br)ccc1C. The number of carbonyl (C=O) groups excluding carboxylic acids is 1. The van der Waals surface area contributed by atoms with Crippen molar-refractivity contribution in [2.75, 3.05) is 0 Å². The quantitative estimate of drug-likeness (QED) is 0.896. The van der Waals surface area contributed by atoms with E-state index in [1.165, 1.54) is 0 Å². The van der Waals surface area contributed by atoms with Gasteiger partial charge in [0.2, 0.25) is 0 Å². The first-order chi connectivity index (χ1) is 7.95. The summed E-state index contributed by atoms with van der Waals surface area (Å²) in [5.41, 5.74) is 1.75. The standard InChI is InChI=1S/C14H20BrNO/c1-5-9(2)11(4)16-14(17)13-8-12(15)7-6-10(13)3/h6-9,11H,5H2,1-4H3,(H,16,17). The van der Waals surface area contributed by atoms with E-state index in [4.69, 9.17) is 0 Å². The Hall–Kier alpha value is -0.830. The molecule has 1 aromatic rings. The minimum Gasteiger partial charge on any atom is -0.349 e. The summed E-state index contributed by atoms with van der Waals surface area (Å²) in [5, 5.41) is 3.06. The Morgan fingerprint density at radius 1 is 1.41 bits per heavy atom. The van der Waals surface area contributed by atoms with Crippen molar-refractivity contribution in [3.8, 4) is 0 Å². The van der Waals surface area contributed by atoms with Crippen molar-refractivity contribution < 1.29 is 4.79 Å². The van der Waals surface area contributed by atoms with Gasteiger partial charge >= 0.3 is 0 Å². The van der Waals surface area contributed by atoms with Crippen LogP contribution in [0.5, 0.6) is 0 Å². The molecule has 17 heavy (non-hydrogen) atoms. The lowest BCUT2D eigenvalue weighted by atomic mass is 10.00. The van der Waals surface area contributed by atoms with Crippen LogP contribution in [0.15, 0.2) is 22.7 Å². The number of benzene rings is 1. The van der Waals surface area contributed by atoms with E-state index in [0.717, 1.165) is 22.0 Å². The molecule has 0 fully saturated rings. The zero-order valence-corrected chi connectivity index (χ0v) is 12.5. The van der Waals surface area contributed by atoms with E-state index in [1.807, 2.05) is 25.1 Å². The highest BCUT2D eigenvalue weighted by molar-refractivity contribution is 9.10. The number of aryl methyl sites for hydroxylation is 1. The summed E-state index contributed by atoms with van der Waals surface area (Å²) in [4.78, 5) is 12.1. The highest BCUT2D eigenvalue weighted by Gasteiger charge is 2.15. The molecule has 0 aromatic heterocycles. The van der Waals surface area contributed by atoms with E-state index in [0.29, 0.717) is 5.92 Å². The molecule has 0 aliphatic heterocycles. The molecule has 94 valence electrons. The van der Waals surface area contributed by atoms with Crippen molar-refractivity contribution in [1.82, 2.24) is 5.32 Å². The maximum atomic E-state index is 12.1. The van der Waals surface area contributed by atoms with Gasteiger partial charge in [-0.25, -0.2) is 0 Å². The highest BCUT2D eigenvalue weighted by atomic mass is 79.9. The van der Waals surface area contributed by atoms with E-state index in [2.05, 4.69) is 42.0 Å². The first-order valence-corrected chi connectivity index (χ1v) is 6.82. The Kier molecular flexibility index (Phi) is 5.19. The average Bonchev–Trinajstić information content (AvgIpc) is 2.30. The lowest BCUT2D eigenvalue weighted by Crippen LogP contribution is -2.37. The van der Waals surface area contributed by atoms with Crippen molar-refractivity contribution in [1.29, 1.82) is 0 Å². The molecule has 0 aliphatic carbocycles. The van der Waals surface area contributed by atoms with Gasteiger partial charge < -0.3 is 5.32 Å². The summed E-state index contributed by atoms with van der Waals surface area (Å²) >= 11 is 3.39. The monoisotopic (exact) mass is 297 g/mol. The van der Waals surface area contributed by atoms with Gasteiger partial charge in [-0.3, -0.25) is 4.79 Å². The number of halogens is 1. The molecule has 1 aromatic carbocycles. The number of nitrogens with one attached hydrogen (secondary N) is 1. The summed E-state index contributed by atoms with van der Waals surface area (Å²) in [6, 6.07) is 5.97. The molecule has 1 amide bonds. The van der Waals surface area contributed by atoms with Crippen LogP contribution in [-0.4, -0.2) is 11.9 Å². The smallest absolute Gasteiger partial charge is 0.251 e. The molecular formula is C14H20BrNO. The van der Waals surface area contributed by atoms with E-state index in [9.17, 15) is 4.79 Å². The maximum Gasteiger partial charge on any atom is 0.251 e. The lowest BCUT2D eigenvalue weighted by molar-refractivity contribution is 0.0927. The van der Waals surface area contributed by atoms with Crippen molar-refractivity contribution in [3.63, 3.8) is 0 Å². The number of hydrogen-bond donors (Lipinski definition) is 1. The Morgan fingerprint density at radius 2 is 2.06 bits per heavy atom. The molecule has 0 saturated carbocycles. The predicted molar refractivity (Wildman–Crippen MR) is 75.3 cm³/mol.